The zero-order valence-electron chi connectivity index (χ0n) is 12.8. The number of nitriles is 2. The fraction of sp³-hybridized carbons (Fsp3) is 0.211. The standard InChI is InChI=1S/C19H16N2O/c1-19(2,3)18(22)15-8-9-16(12-21)17(10-15)14-6-4-13(11-20)5-7-14/h4-10H,1-3H3. The molecule has 0 fully saturated rings. The van der Waals surface area contributed by atoms with E-state index in [1.165, 1.54) is 0 Å². The Bertz CT molecular complexity index is 797. The molecule has 0 aliphatic carbocycles. The molecule has 0 unspecified atom stereocenters. The molecule has 0 bridgehead atoms. The van der Waals surface area contributed by atoms with Gasteiger partial charge in [0.25, 0.3) is 0 Å². The van der Waals surface area contributed by atoms with Gasteiger partial charge in [-0.3, -0.25) is 4.79 Å². The van der Waals surface area contributed by atoms with Crippen molar-refractivity contribution in [1.29, 1.82) is 10.5 Å². The number of rotatable bonds is 2. The molecular weight excluding hydrogens is 272 g/mol. The summed E-state index contributed by atoms with van der Waals surface area (Å²) in [5, 5.41) is 18.1. The molecule has 0 aromatic heterocycles. The number of hydrogen-bond donors (Lipinski definition) is 0. The minimum atomic E-state index is -0.476. The van der Waals surface area contributed by atoms with Crippen LogP contribution in [-0.2, 0) is 0 Å². The van der Waals surface area contributed by atoms with Crippen molar-refractivity contribution in [3.05, 3.63) is 59.2 Å². The highest BCUT2D eigenvalue weighted by atomic mass is 16.1. The average Bonchev–Trinajstić information content (AvgIpc) is 2.52. The Hall–Kier alpha value is -2.91. The lowest BCUT2D eigenvalue weighted by Gasteiger charge is -2.17. The molecule has 0 radical (unpaired) electrons. The molecule has 0 atom stereocenters. The van der Waals surface area contributed by atoms with Gasteiger partial charge in [0, 0.05) is 16.5 Å². The number of hydrogen-bond acceptors (Lipinski definition) is 3. The van der Waals surface area contributed by atoms with E-state index in [-0.39, 0.29) is 5.78 Å². The zero-order valence-corrected chi connectivity index (χ0v) is 12.8. The van der Waals surface area contributed by atoms with Crippen LogP contribution in [0.25, 0.3) is 11.1 Å². The van der Waals surface area contributed by atoms with Gasteiger partial charge in [0.05, 0.1) is 23.3 Å². The van der Waals surface area contributed by atoms with Crippen molar-refractivity contribution < 1.29 is 4.79 Å². The van der Waals surface area contributed by atoms with E-state index in [0.717, 1.165) is 5.56 Å². The van der Waals surface area contributed by atoms with Gasteiger partial charge in [-0.25, -0.2) is 0 Å². The summed E-state index contributed by atoms with van der Waals surface area (Å²) < 4.78 is 0. The highest BCUT2D eigenvalue weighted by Gasteiger charge is 2.23. The molecule has 2 aromatic rings. The SMILES string of the molecule is CC(C)(C)C(=O)c1ccc(C#N)c(-c2ccc(C#N)cc2)c1. The molecule has 0 saturated heterocycles. The third-order valence-corrected chi connectivity index (χ3v) is 3.41. The van der Waals surface area contributed by atoms with Gasteiger partial charge < -0.3 is 0 Å². The Morgan fingerprint density at radius 1 is 0.955 bits per heavy atom. The number of carbonyl (C=O) groups excluding carboxylic acids is 1. The molecule has 0 saturated carbocycles. The van der Waals surface area contributed by atoms with Crippen LogP contribution in [0.5, 0.6) is 0 Å². The number of benzene rings is 2. The van der Waals surface area contributed by atoms with Crippen LogP contribution >= 0.6 is 0 Å². The lowest BCUT2D eigenvalue weighted by molar-refractivity contribution is 0.0858. The minimum absolute atomic E-state index is 0.0342. The normalized spacial score (nSPS) is 10.6. The summed E-state index contributed by atoms with van der Waals surface area (Å²) in [4.78, 5) is 12.4. The second-order valence-electron chi connectivity index (χ2n) is 6.14. The minimum Gasteiger partial charge on any atom is -0.294 e. The largest absolute Gasteiger partial charge is 0.294 e. The van der Waals surface area contributed by atoms with Gasteiger partial charge in [-0.2, -0.15) is 10.5 Å². The van der Waals surface area contributed by atoms with E-state index < -0.39 is 5.41 Å². The summed E-state index contributed by atoms with van der Waals surface area (Å²) in [5.74, 6) is 0.0342. The van der Waals surface area contributed by atoms with Gasteiger partial charge in [0.1, 0.15) is 0 Å². The highest BCUT2D eigenvalue weighted by Crippen LogP contribution is 2.28. The van der Waals surface area contributed by atoms with Crippen LogP contribution in [0.2, 0.25) is 0 Å². The Balaban J connectivity index is 2.56. The Labute approximate surface area is 130 Å². The number of Topliss-reactive ketones (excluding diaryl/α,β-unsaturated/α-hetero) is 1. The van der Waals surface area contributed by atoms with Crippen molar-refractivity contribution in [1.82, 2.24) is 0 Å². The van der Waals surface area contributed by atoms with Gasteiger partial charge in [-0.15, -0.1) is 0 Å². The molecule has 0 amide bonds. The van der Waals surface area contributed by atoms with E-state index in [2.05, 4.69) is 12.1 Å². The number of nitrogens with zero attached hydrogens (tertiary/aromatic N) is 2. The summed E-state index contributed by atoms with van der Waals surface area (Å²) in [7, 11) is 0. The van der Waals surface area contributed by atoms with Crippen molar-refractivity contribution in [3.8, 4) is 23.3 Å². The maximum absolute atomic E-state index is 12.4. The van der Waals surface area contributed by atoms with E-state index in [4.69, 9.17) is 5.26 Å². The number of ketones is 1. The van der Waals surface area contributed by atoms with Crippen molar-refractivity contribution in [2.75, 3.05) is 0 Å². The van der Waals surface area contributed by atoms with Gasteiger partial charge >= 0.3 is 0 Å². The average molecular weight is 288 g/mol. The zero-order chi connectivity index (χ0) is 16.3. The fourth-order valence-electron chi connectivity index (χ4n) is 2.18. The summed E-state index contributed by atoms with van der Waals surface area (Å²) in [5.41, 5.74) is 2.71. The smallest absolute Gasteiger partial charge is 0.168 e. The van der Waals surface area contributed by atoms with Crippen LogP contribution in [-0.4, -0.2) is 5.78 Å². The third kappa shape index (κ3) is 3.05. The molecule has 0 aliphatic heterocycles. The molecule has 0 spiro atoms. The van der Waals surface area contributed by atoms with E-state index in [0.29, 0.717) is 22.3 Å². The molecule has 3 nitrogen and oxygen atoms in total. The molecule has 0 heterocycles. The van der Waals surface area contributed by atoms with Crippen LogP contribution in [0.4, 0.5) is 0 Å². The van der Waals surface area contributed by atoms with Gasteiger partial charge in [0.15, 0.2) is 5.78 Å². The second kappa shape index (κ2) is 5.84. The third-order valence-electron chi connectivity index (χ3n) is 3.41. The van der Waals surface area contributed by atoms with Crippen molar-refractivity contribution in [2.45, 2.75) is 20.8 Å². The first-order chi connectivity index (χ1) is 10.4. The molecule has 22 heavy (non-hydrogen) atoms. The van der Waals surface area contributed by atoms with E-state index in [1.54, 1.807) is 42.5 Å². The van der Waals surface area contributed by atoms with Crippen molar-refractivity contribution >= 4 is 5.78 Å². The summed E-state index contributed by atoms with van der Waals surface area (Å²) >= 11 is 0. The van der Waals surface area contributed by atoms with Gasteiger partial charge in [-0.05, 0) is 29.8 Å². The summed E-state index contributed by atoms with van der Waals surface area (Å²) in [6.45, 7) is 5.61. The molecule has 2 aromatic carbocycles. The monoisotopic (exact) mass is 288 g/mol. The second-order valence-corrected chi connectivity index (χ2v) is 6.14. The molecule has 0 N–H and O–H groups in total. The van der Waals surface area contributed by atoms with Crippen molar-refractivity contribution in [3.63, 3.8) is 0 Å². The van der Waals surface area contributed by atoms with Crippen molar-refractivity contribution in [2.24, 2.45) is 5.41 Å². The molecule has 2 rings (SSSR count). The number of carbonyl (C=O) groups is 1. The molecule has 108 valence electrons. The molecule has 3 heteroatoms. The highest BCUT2D eigenvalue weighted by molar-refractivity contribution is 6.01. The van der Waals surface area contributed by atoms with Crippen LogP contribution in [0, 0.1) is 28.1 Å². The van der Waals surface area contributed by atoms with E-state index in [9.17, 15) is 10.1 Å². The predicted molar refractivity (Wildman–Crippen MR) is 85.1 cm³/mol. The summed E-state index contributed by atoms with van der Waals surface area (Å²) in [6, 6.07) is 16.3. The predicted octanol–water partition coefficient (Wildman–Crippen LogP) is 4.33. The van der Waals surface area contributed by atoms with Crippen LogP contribution < -0.4 is 0 Å². The first kappa shape index (κ1) is 15.5. The molecule has 0 aliphatic rings. The lowest BCUT2D eigenvalue weighted by atomic mass is 9.85. The first-order valence-corrected chi connectivity index (χ1v) is 6.96. The Kier molecular flexibility index (Phi) is 4.11. The van der Waals surface area contributed by atoms with E-state index in [1.807, 2.05) is 20.8 Å². The topological polar surface area (TPSA) is 64.7 Å². The lowest BCUT2D eigenvalue weighted by Crippen LogP contribution is -2.20. The fourth-order valence-corrected chi connectivity index (χ4v) is 2.18. The van der Waals surface area contributed by atoms with Crippen LogP contribution in [0.1, 0.15) is 42.3 Å². The summed E-state index contributed by atoms with van der Waals surface area (Å²) in [6.07, 6.45) is 0. The van der Waals surface area contributed by atoms with Crippen LogP contribution in [0.15, 0.2) is 42.5 Å². The Morgan fingerprint density at radius 2 is 1.59 bits per heavy atom. The van der Waals surface area contributed by atoms with Crippen LogP contribution in [0.3, 0.4) is 0 Å². The van der Waals surface area contributed by atoms with Gasteiger partial charge in [-0.1, -0.05) is 39.0 Å². The maximum atomic E-state index is 12.4. The maximum Gasteiger partial charge on any atom is 0.168 e. The quantitative estimate of drug-likeness (QED) is 0.773. The molecular formula is C19H16N2O. The van der Waals surface area contributed by atoms with Gasteiger partial charge in [0.2, 0.25) is 0 Å². The van der Waals surface area contributed by atoms with E-state index >= 15 is 0 Å². The Morgan fingerprint density at radius 3 is 2.09 bits per heavy atom. The first-order valence-electron chi connectivity index (χ1n) is 6.96.